The van der Waals surface area contributed by atoms with Crippen LogP contribution in [0, 0.1) is 0 Å². The van der Waals surface area contributed by atoms with Gasteiger partial charge in [-0.2, -0.15) is 0 Å². The lowest BCUT2D eigenvalue weighted by Gasteiger charge is -2.09. The SMILES string of the molecule is O=C([O-])NCCNC(=O)c1ncsc1-c1cccc(OCc2ccccc2)c1. The summed E-state index contributed by atoms with van der Waals surface area (Å²) in [6.07, 6.45) is -1.38. The average Bonchev–Trinajstić information content (AvgIpc) is 3.20. The Labute approximate surface area is 166 Å². The lowest BCUT2D eigenvalue weighted by Crippen LogP contribution is -2.41. The fourth-order valence-corrected chi connectivity index (χ4v) is 3.29. The molecule has 0 atom stereocenters. The van der Waals surface area contributed by atoms with Crippen LogP contribution < -0.4 is 20.5 Å². The van der Waals surface area contributed by atoms with Crippen LogP contribution in [0.2, 0.25) is 0 Å². The zero-order valence-electron chi connectivity index (χ0n) is 14.9. The van der Waals surface area contributed by atoms with Crippen molar-refractivity contribution in [1.29, 1.82) is 0 Å². The van der Waals surface area contributed by atoms with Crippen LogP contribution in [0.3, 0.4) is 0 Å². The van der Waals surface area contributed by atoms with Gasteiger partial charge < -0.3 is 25.3 Å². The first-order valence-corrected chi connectivity index (χ1v) is 9.45. The van der Waals surface area contributed by atoms with Crippen molar-refractivity contribution in [3.8, 4) is 16.2 Å². The van der Waals surface area contributed by atoms with E-state index in [1.165, 1.54) is 11.3 Å². The Morgan fingerprint density at radius 1 is 1.04 bits per heavy atom. The van der Waals surface area contributed by atoms with Gasteiger partial charge in [0.15, 0.2) is 0 Å². The molecule has 0 fully saturated rings. The number of carbonyl (C=O) groups is 2. The highest BCUT2D eigenvalue weighted by Gasteiger charge is 2.16. The number of nitrogens with zero attached hydrogens (tertiary/aromatic N) is 1. The number of nitrogens with one attached hydrogen (secondary N) is 2. The van der Waals surface area contributed by atoms with Crippen LogP contribution in [0.4, 0.5) is 4.79 Å². The summed E-state index contributed by atoms with van der Waals surface area (Å²) >= 11 is 1.35. The molecular weight excluding hydrogens is 378 g/mol. The van der Waals surface area contributed by atoms with Gasteiger partial charge in [-0.1, -0.05) is 42.5 Å². The van der Waals surface area contributed by atoms with E-state index in [0.717, 1.165) is 16.0 Å². The van der Waals surface area contributed by atoms with Crippen LogP contribution >= 0.6 is 11.3 Å². The maximum Gasteiger partial charge on any atom is 0.271 e. The second kappa shape index (κ2) is 9.52. The fourth-order valence-electron chi connectivity index (χ4n) is 2.51. The van der Waals surface area contributed by atoms with Crippen LogP contribution in [-0.4, -0.2) is 30.1 Å². The van der Waals surface area contributed by atoms with Gasteiger partial charge >= 0.3 is 0 Å². The van der Waals surface area contributed by atoms with Gasteiger partial charge in [-0.05, 0) is 23.3 Å². The first-order chi connectivity index (χ1) is 13.6. The van der Waals surface area contributed by atoms with Crippen molar-refractivity contribution in [3.63, 3.8) is 0 Å². The molecule has 1 aromatic heterocycles. The Morgan fingerprint density at radius 3 is 2.61 bits per heavy atom. The summed E-state index contributed by atoms with van der Waals surface area (Å²) in [5.41, 5.74) is 3.78. The average molecular weight is 396 g/mol. The zero-order valence-corrected chi connectivity index (χ0v) is 15.7. The molecule has 0 aliphatic carbocycles. The molecule has 1 heterocycles. The molecule has 3 aromatic rings. The molecule has 0 radical (unpaired) electrons. The topological polar surface area (TPSA) is 103 Å². The molecule has 7 nitrogen and oxygen atoms in total. The van der Waals surface area contributed by atoms with Gasteiger partial charge in [-0.15, -0.1) is 11.3 Å². The molecule has 144 valence electrons. The smallest absolute Gasteiger partial charge is 0.271 e. The summed E-state index contributed by atoms with van der Waals surface area (Å²) in [5.74, 6) is 0.325. The summed E-state index contributed by atoms with van der Waals surface area (Å²) in [5, 5.41) is 15.0. The number of thiazole rings is 1. The highest BCUT2D eigenvalue weighted by atomic mass is 32.1. The molecule has 0 saturated heterocycles. The standard InChI is InChI=1S/C20H19N3O4S/c24-19(21-9-10-22-20(25)26)17-18(28-13-23-17)15-7-4-8-16(11-15)27-12-14-5-2-1-3-6-14/h1-8,11,13,22H,9-10,12H2,(H,21,24)(H,25,26)/p-1. The Balaban J connectivity index is 1.66. The normalized spacial score (nSPS) is 10.3. The van der Waals surface area contributed by atoms with E-state index < -0.39 is 6.09 Å². The molecule has 2 aromatic carbocycles. The van der Waals surface area contributed by atoms with E-state index in [0.29, 0.717) is 18.1 Å². The van der Waals surface area contributed by atoms with Crippen LogP contribution in [0.15, 0.2) is 60.1 Å². The maximum absolute atomic E-state index is 12.4. The van der Waals surface area contributed by atoms with Gasteiger partial charge in [-0.3, -0.25) is 4.79 Å². The Bertz CT molecular complexity index is 943. The summed E-state index contributed by atoms with van der Waals surface area (Å²) in [4.78, 5) is 27.5. The number of benzene rings is 2. The number of rotatable bonds is 8. The second-order valence-corrected chi connectivity index (χ2v) is 6.66. The number of aromatic nitrogens is 1. The molecule has 2 N–H and O–H groups in total. The molecule has 0 unspecified atom stereocenters. The van der Waals surface area contributed by atoms with Gasteiger partial charge in [0.05, 0.1) is 10.4 Å². The Morgan fingerprint density at radius 2 is 1.82 bits per heavy atom. The molecule has 0 bridgehead atoms. The van der Waals surface area contributed by atoms with Crippen LogP contribution in [0.25, 0.3) is 10.4 Å². The van der Waals surface area contributed by atoms with Gasteiger partial charge in [-0.25, -0.2) is 4.98 Å². The van der Waals surface area contributed by atoms with E-state index in [4.69, 9.17) is 4.74 Å². The lowest BCUT2D eigenvalue weighted by atomic mass is 10.1. The minimum Gasteiger partial charge on any atom is -0.530 e. The van der Waals surface area contributed by atoms with E-state index in [1.807, 2.05) is 54.6 Å². The summed E-state index contributed by atoms with van der Waals surface area (Å²) in [6, 6.07) is 17.3. The number of carbonyl (C=O) groups excluding carboxylic acids is 2. The molecule has 0 aliphatic rings. The van der Waals surface area contributed by atoms with Crippen LogP contribution in [0.1, 0.15) is 16.1 Å². The largest absolute Gasteiger partial charge is 0.530 e. The zero-order chi connectivity index (χ0) is 19.8. The number of hydrogen-bond acceptors (Lipinski definition) is 6. The first-order valence-electron chi connectivity index (χ1n) is 8.57. The van der Waals surface area contributed by atoms with Gasteiger partial charge in [0.2, 0.25) is 0 Å². The Kier molecular flexibility index (Phi) is 6.59. The Hall–Kier alpha value is -3.39. The molecule has 0 spiro atoms. The number of amides is 2. The van der Waals surface area contributed by atoms with Crippen molar-refractivity contribution >= 4 is 23.3 Å². The molecule has 0 saturated carbocycles. The number of hydrogen-bond donors (Lipinski definition) is 2. The first kappa shape index (κ1) is 19.4. The monoisotopic (exact) mass is 396 g/mol. The molecule has 8 heteroatoms. The number of ether oxygens (including phenoxy) is 1. The third kappa shape index (κ3) is 5.31. The van der Waals surface area contributed by atoms with E-state index in [1.54, 1.807) is 5.51 Å². The van der Waals surface area contributed by atoms with Gasteiger partial charge in [0, 0.05) is 13.1 Å². The van der Waals surface area contributed by atoms with Crippen molar-refractivity contribution < 1.29 is 19.4 Å². The maximum atomic E-state index is 12.4. The predicted molar refractivity (Wildman–Crippen MR) is 104 cm³/mol. The third-order valence-corrected chi connectivity index (χ3v) is 4.68. The van der Waals surface area contributed by atoms with Crippen molar-refractivity contribution in [1.82, 2.24) is 15.6 Å². The summed E-state index contributed by atoms with van der Waals surface area (Å²) in [7, 11) is 0. The summed E-state index contributed by atoms with van der Waals surface area (Å²) in [6.45, 7) is 0.659. The van der Waals surface area contributed by atoms with E-state index in [9.17, 15) is 14.7 Å². The molecule has 28 heavy (non-hydrogen) atoms. The molecular formula is C20H18N3O4S-. The molecule has 3 rings (SSSR count). The van der Waals surface area contributed by atoms with Crippen LogP contribution in [0.5, 0.6) is 5.75 Å². The quantitative estimate of drug-likeness (QED) is 0.567. The number of carboxylic acid groups (broad SMARTS) is 1. The predicted octanol–water partition coefficient (Wildman–Crippen LogP) is 2.05. The second-order valence-electron chi connectivity index (χ2n) is 5.80. The third-order valence-electron chi connectivity index (χ3n) is 3.81. The summed E-state index contributed by atoms with van der Waals surface area (Å²) < 4.78 is 5.85. The van der Waals surface area contributed by atoms with Crippen molar-refractivity contribution in [2.75, 3.05) is 13.1 Å². The van der Waals surface area contributed by atoms with Gasteiger partial charge in [0.25, 0.3) is 5.91 Å². The van der Waals surface area contributed by atoms with Crippen molar-refractivity contribution in [2.24, 2.45) is 0 Å². The van der Waals surface area contributed by atoms with E-state index >= 15 is 0 Å². The van der Waals surface area contributed by atoms with E-state index in [-0.39, 0.29) is 19.0 Å². The fraction of sp³-hybridized carbons (Fsp3) is 0.150. The van der Waals surface area contributed by atoms with Crippen LogP contribution in [-0.2, 0) is 6.61 Å². The molecule has 0 aliphatic heterocycles. The lowest BCUT2D eigenvalue weighted by molar-refractivity contribution is -0.250. The highest BCUT2D eigenvalue weighted by Crippen LogP contribution is 2.30. The van der Waals surface area contributed by atoms with E-state index in [2.05, 4.69) is 15.6 Å². The van der Waals surface area contributed by atoms with Crippen molar-refractivity contribution in [2.45, 2.75) is 6.61 Å². The van der Waals surface area contributed by atoms with Crippen molar-refractivity contribution in [3.05, 3.63) is 71.4 Å². The van der Waals surface area contributed by atoms with Gasteiger partial charge in [0.1, 0.15) is 24.1 Å². The minimum atomic E-state index is -1.38. The molecule has 2 amide bonds. The highest BCUT2D eigenvalue weighted by molar-refractivity contribution is 7.13. The minimum absolute atomic E-state index is 0.0658.